The average Bonchev–Trinajstić information content (AvgIpc) is 3.09. The van der Waals surface area contributed by atoms with Crippen LogP contribution < -0.4 is 5.32 Å². The van der Waals surface area contributed by atoms with Crippen molar-refractivity contribution in [1.29, 1.82) is 0 Å². The maximum absolute atomic E-state index is 10.2. The van der Waals surface area contributed by atoms with Crippen molar-refractivity contribution in [2.75, 3.05) is 19.8 Å². The molecule has 1 fully saturated rings. The van der Waals surface area contributed by atoms with Crippen LogP contribution in [0.3, 0.4) is 0 Å². The summed E-state index contributed by atoms with van der Waals surface area (Å²) in [7, 11) is 1.92. The van der Waals surface area contributed by atoms with Gasteiger partial charge in [0.25, 0.3) is 0 Å². The third-order valence-electron chi connectivity index (χ3n) is 3.83. The van der Waals surface area contributed by atoms with E-state index in [9.17, 15) is 5.11 Å². The Kier molecular flexibility index (Phi) is 4.05. The zero-order chi connectivity index (χ0) is 14.7. The number of aryl methyl sites for hydroxylation is 1. The lowest BCUT2D eigenvalue weighted by atomic mass is 10.0. The molecule has 2 aromatic rings. The first kappa shape index (κ1) is 14.3. The number of aliphatic hydroxyl groups is 1. The summed E-state index contributed by atoms with van der Waals surface area (Å²) in [6.45, 7) is 2.37. The highest BCUT2D eigenvalue weighted by atomic mass is 16.5. The Bertz CT molecular complexity index is 603. The number of benzene rings is 1. The smallest absolute Gasteiger partial charge is 0.102 e. The van der Waals surface area contributed by atoms with E-state index in [2.05, 4.69) is 28.6 Å². The first-order valence-electron chi connectivity index (χ1n) is 7.23. The SMILES string of the molecule is Cn1cc(-c2cccc(CNCC3(O)CCOC3)c2)cn1. The summed E-state index contributed by atoms with van der Waals surface area (Å²) in [5.74, 6) is 0. The van der Waals surface area contributed by atoms with E-state index in [1.165, 1.54) is 5.56 Å². The molecule has 1 aromatic carbocycles. The number of rotatable bonds is 5. The van der Waals surface area contributed by atoms with Crippen LogP contribution in [0.15, 0.2) is 36.7 Å². The first-order chi connectivity index (χ1) is 10.1. The van der Waals surface area contributed by atoms with Crippen molar-refractivity contribution in [3.8, 4) is 11.1 Å². The zero-order valence-corrected chi connectivity index (χ0v) is 12.2. The van der Waals surface area contributed by atoms with Gasteiger partial charge in [-0.25, -0.2) is 0 Å². The molecule has 1 aliphatic heterocycles. The van der Waals surface area contributed by atoms with Crippen molar-refractivity contribution in [3.63, 3.8) is 0 Å². The summed E-state index contributed by atoms with van der Waals surface area (Å²) in [4.78, 5) is 0. The van der Waals surface area contributed by atoms with E-state index in [0.29, 0.717) is 26.2 Å². The highest BCUT2D eigenvalue weighted by Gasteiger charge is 2.31. The Labute approximate surface area is 124 Å². The van der Waals surface area contributed by atoms with Crippen LogP contribution in [-0.4, -0.2) is 40.2 Å². The molecule has 1 atom stereocenters. The van der Waals surface area contributed by atoms with Crippen molar-refractivity contribution in [1.82, 2.24) is 15.1 Å². The van der Waals surface area contributed by atoms with Gasteiger partial charge < -0.3 is 15.2 Å². The standard InChI is InChI=1S/C16H21N3O2/c1-19-10-15(9-18-19)14-4-2-3-13(7-14)8-17-11-16(20)5-6-21-12-16/h2-4,7,9-10,17,20H,5-6,8,11-12H2,1H3. The average molecular weight is 287 g/mol. The van der Waals surface area contributed by atoms with Gasteiger partial charge in [0.2, 0.25) is 0 Å². The van der Waals surface area contributed by atoms with Crippen LogP contribution in [0.2, 0.25) is 0 Å². The number of aromatic nitrogens is 2. The molecule has 5 heteroatoms. The van der Waals surface area contributed by atoms with E-state index in [-0.39, 0.29) is 0 Å². The molecule has 0 bridgehead atoms. The fraction of sp³-hybridized carbons (Fsp3) is 0.438. The summed E-state index contributed by atoms with van der Waals surface area (Å²) < 4.78 is 7.04. The number of nitrogens with one attached hydrogen (secondary N) is 1. The van der Waals surface area contributed by atoms with Crippen LogP contribution in [0.4, 0.5) is 0 Å². The van der Waals surface area contributed by atoms with Crippen LogP contribution in [0.25, 0.3) is 11.1 Å². The summed E-state index contributed by atoms with van der Waals surface area (Å²) in [5.41, 5.74) is 2.76. The predicted molar refractivity (Wildman–Crippen MR) is 80.7 cm³/mol. The van der Waals surface area contributed by atoms with Gasteiger partial charge in [-0.1, -0.05) is 18.2 Å². The third kappa shape index (κ3) is 3.50. The van der Waals surface area contributed by atoms with Gasteiger partial charge >= 0.3 is 0 Å². The molecule has 112 valence electrons. The molecule has 0 saturated carbocycles. The van der Waals surface area contributed by atoms with E-state index in [0.717, 1.165) is 17.7 Å². The van der Waals surface area contributed by atoms with Crippen molar-refractivity contribution in [3.05, 3.63) is 42.2 Å². The van der Waals surface area contributed by atoms with E-state index < -0.39 is 5.60 Å². The zero-order valence-electron chi connectivity index (χ0n) is 12.2. The Morgan fingerprint density at radius 1 is 1.43 bits per heavy atom. The summed E-state index contributed by atoms with van der Waals surface area (Å²) >= 11 is 0. The quantitative estimate of drug-likeness (QED) is 0.871. The molecule has 1 unspecified atom stereocenters. The van der Waals surface area contributed by atoms with Crippen LogP contribution in [0, 0.1) is 0 Å². The Morgan fingerprint density at radius 3 is 3.05 bits per heavy atom. The van der Waals surface area contributed by atoms with Gasteiger partial charge in [-0.2, -0.15) is 5.10 Å². The van der Waals surface area contributed by atoms with Gasteiger partial charge in [-0.05, 0) is 17.2 Å². The molecule has 1 saturated heterocycles. The second-order valence-corrected chi connectivity index (χ2v) is 5.73. The lowest BCUT2D eigenvalue weighted by Crippen LogP contribution is -2.40. The van der Waals surface area contributed by atoms with E-state index in [4.69, 9.17) is 4.74 Å². The van der Waals surface area contributed by atoms with Crippen LogP contribution in [-0.2, 0) is 18.3 Å². The molecular formula is C16H21N3O2. The molecule has 0 spiro atoms. The maximum atomic E-state index is 10.2. The topological polar surface area (TPSA) is 59.3 Å². The van der Waals surface area contributed by atoms with Gasteiger partial charge in [0.1, 0.15) is 5.60 Å². The van der Waals surface area contributed by atoms with Crippen molar-refractivity contribution in [2.24, 2.45) is 7.05 Å². The minimum absolute atomic E-state index is 0.426. The normalized spacial score (nSPS) is 21.8. The lowest BCUT2D eigenvalue weighted by molar-refractivity contribution is 0.0268. The number of hydrogen-bond acceptors (Lipinski definition) is 4. The monoisotopic (exact) mass is 287 g/mol. The Morgan fingerprint density at radius 2 is 2.33 bits per heavy atom. The minimum atomic E-state index is -0.707. The second-order valence-electron chi connectivity index (χ2n) is 5.73. The van der Waals surface area contributed by atoms with Crippen molar-refractivity contribution in [2.45, 2.75) is 18.6 Å². The first-order valence-corrected chi connectivity index (χ1v) is 7.23. The molecule has 2 N–H and O–H groups in total. The third-order valence-corrected chi connectivity index (χ3v) is 3.83. The van der Waals surface area contributed by atoms with E-state index >= 15 is 0 Å². The maximum Gasteiger partial charge on any atom is 0.102 e. The minimum Gasteiger partial charge on any atom is -0.386 e. The number of ether oxygens (including phenoxy) is 1. The second kappa shape index (κ2) is 5.97. The van der Waals surface area contributed by atoms with Crippen LogP contribution >= 0.6 is 0 Å². The molecule has 0 amide bonds. The summed E-state index contributed by atoms with van der Waals surface area (Å²) in [6, 6.07) is 8.37. The van der Waals surface area contributed by atoms with Crippen LogP contribution in [0.1, 0.15) is 12.0 Å². The number of nitrogens with zero attached hydrogens (tertiary/aromatic N) is 2. The molecule has 0 aliphatic carbocycles. The van der Waals surface area contributed by atoms with Gasteiger partial charge in [-0.15, -0.1) is 0 Å². The fourth-order valence-electron chi connectivity index (χ4n) is 2.61. The highest BCUT2D eigenvalue weighted by molar-refractivity contribution is 5.62. The molecular weight excluding hydrogens is 266 g/mol. The Balaban J connectivity index is 1.61. The Hall–Kier alpha value is -1.69. The predicted octanol–water partition coefficient (Wildman–Crippen LogP) is 1.33. The van der Waals surface area contributed by atoms with Crippen LogP contribution in [0.5, 0.6) is 0 Å². The molecule has 1 aromatic heterocycles. The molecule has 1 aliphatic rings. The molecule has 5 nitrogen and oxygen atoms in total. The lowest BCUT2D eigenvalue weighted by Gasteiger charge is -2.20. The largest absolute Gasteiger partial charge is 0.386 e. The molecule has 0 radical (unpaired) electrons. The van der Waals surface area contributed by atoms with Gasteiger partial charge in [0.15, 0.2) is 0 Å². The van der Waals surface area contributed by atoms with Crippen molar-refractivity contribution >= 4 is 0 Å². The molecule has 3 rings (SSSR count). The van der Waals surface area contributed by atoms with E-state index in [1.807, 2.05) is 25.5 Å². The van der Waals surface area contributed by atoms with Gasteiger partial charge in [0, 0.05) is 44.9 Å². The summed E-state index contributed by atoms with van der Waals surface area (Å²) in [6.07, 6.45) is 4.58. The molecule has 21 heavy (non-hydrogen) atoms. The van der Waals surface area contributed by atoms with Gasteiger partial charge in [0.05, 0.1) is 12.8 Å². The number of hydrogen-bond donors (Lipinski definition) is 2. The fourth-order valence-corrected chi connectivity index (χ4v) is 2.61. The summed E-state index contributed by atoms with van der Waals surface area (Å²) in [5, 5.41) is 17.7. The van der Waals surface area contributed by atoms with Crippen molar-refractivity contribution < 1.29 is 9.84 Å². The van der Waals surface area contributed by atoms with E-state index in [1.54, 1.807) is 4.68 Å². The highest BCUT2D eigenvalue weighted by Crippen LogP contribution is 2.20. The molecule has 2 heterocycles. The van der Waals surface area contributed by atoms with Gasteiger partial charge in [-0.3, -0.25) is 4.68 Å².